The summed E-state index contributed by atoms with van der Waals surface area (Å²) in [6, 6.07) is 8.17. The molecule has 23 heavy (non-hydrogen) atoms. The molecule has 126 valence electrons. The first kappa shape index (κ1) is 16.2. The standard InChI is InChI=1S/C19H28N2O2/c1-23-18-10-6-5-9-17(18)21-12-11-15(14-21)13-20-19(22)16-7-3-2-4-8-16/h5-6,9-10,15-16H,2-4,7-8,11-14H2,1H3,(H,20,22). The molecule has 1 aliphatic heterocycles. The van der Waals surface area contributed by atoms with Crippen LogP contribution in [0.25, 0.3) is 0 Å². The van der Waals surface area contributed by atoms with Gasteiger partial charge in [0.2, 0.25) is 5.91 Å². The molecule has 1 aromatic carbocycles. The smallest absolute Gasteiger partial charge is 0.223 e. The third-order valence-corrected chi connectivity index (χ3v) is 5.25. The van der Waals surface area contributed by atoms with Gasteiger partial charge in [-0.3, -0.25) is 4.79 Å². The number of amides is 1. The average Bonchev–Trinajstić information content (AvgIpc) is 3.09. The third kappa shape index (κ3) is 3.98. The Kier molecular flexibility index (Phi) is 5.42. The Hall–Kier alpha value is -1.71. The summed E-state index contributed by atoms with van der Waals surface area (Å²) < 4.78 is 5.46. The number of rotatable bonds is 5. The Morgan fingerprint density at radius 1 is 1.22 bits per heavy atom. The van der Waals surface area contributed by atoms with E-state index in [0.29, 0.717) is 5.92 Å². The lowest BCUT2D eigenvalue weighted by Gasteiger charge is -2.23. The van der Waals surface area contributed by atoms with Crippen LogP contribution >= 0.6 is 0 Å². The lowest BCUT2D eigenvalue weighted by atomic mass is 9.88. The van der Waals surface area contributed by atoms with E-state index in [9.17, 15) is 4.79 Å². The molecular formula is C19H28N2O2. The SMILES string of the molecule is COc1ccccc1N1CCC(CNC(=O)C2CCCCC2)C1. The fourth-order valence-electron chi connectivity index (χ4n) is 3.86. The van der Waals surface area contributed by atoms with E-state index in [2.05, 4.69) is 22.3 Å². The van der Waals surface area contributed by atoms with E-state index in [0.717, 1.165) is 50.3 Å². The van der Waals surface area contributed by atoms with Gasteiger partial charge in [-0.05, 0) is 37.3 Å². The second-order valence-electron chi connectivity index (χ2n) is 6.85. The molecule has 1 aromatic rings. The molecule has 3 rings (SSSR count). The molecule has 4 heteroatoms. The highest BCUT2D eigenvalue weighted by Gasteiger charge is 2.26. The van der Waals surface area contributed by atoms with Gasteiger partial charge in [0.25, 0.3) is 0 Å². The van der Waals surface area contributed by atoms with E-state index >= 15 is 0 Å². The number of methoxy groups -OCH3 is 1. The van der Waals surface area contributed by atoms with Gasteiger partial charge < -0.3 is 15.0 Å². The first-order valence-corrected chi connectivity index (χ1v) is 8.93. The van der Waals surface area contributed by atoms with Crippen molar-refractivity contribution in [1.29, 1.82) is 0 Å². The van der Waals surface area contributed by atoms with Crippen LogP contribution in [0.15, 0.2) is 24.3 Å². The molecule has 1 unspecified atom stereocenters. The Bertz CT molecular complexity index is 526. The van der Waals surface area contributed by atoms with E-state index in [4.69, 9.17) is 4.74 Å². The second kappa shape index (κ2) is 7.71. The molecule has 1 N–H and O–H groups in total. The highest BCUT2D eigenvalue weighted by molar-refractivity contribution is 5.78. The maximum atomic E-state index is 12.3. The molecule has 1 amide bonds. The number of hydrogen-bond acceptors (Lipinski definition) is 3. The van der Waals surface area contributed by atoms with Crippen molar-refractivity contribution in [2.45, 2.75) is 38.5 Å². The molecule has 4 nitrogen and oxygen atoms in total. The van der Waals surface area contributed by atoms with Crippen molar-refractivity contribution < 1.29 is 9.53 Å². The fraction of sp³-hybridized carbons (Fsp3) is 0.632. The van der Waals surface area contributed by atoms with E-state index in [1.165, 1.54) is 19.3 Å². The predicted octanol–water partition coefficient (Wildman–Crippen LogP) is 3.22. The number of carbonyl (C=O) groups is 1. The van der Waals surface area contributed by atoms with Gasteiger partial charge in [-0.1, -0.05) is 31.4 Å². The monoisotopic (exact) mass is 316 g/mol. The number of ether oxygens (including phenoxy) is 1. The van der Waals surface area contributed by atoms with Gasteiger partial charge in [0.15, 0.2) is 0 Å². The van der Waals surface area contributed by atoms with Crippen LogP contribution in [0.2, 0.25) is 0 Å². The van der Waals surface area contributed by atoms with Gasteiger partial charge in [0, 0.05) is 25.6 Å². The summed E-state index contributed by atoms with van der Waals surface area (Å²) in [7, 11) is 1.72. The van der Waals surface area contributed by atoms with Crippen LogP contribution in [-0.4, -0.2) is 32.7 Å². The number of nitrogens with zero attached hydrogens (tertiary/aromatic N) is 1. The largest absolute Gasteiger partial charge is 0.495 e. The van der Waals surface area contributed by atoms with Crippen LogP contribution in [0.3, 0.4) is 0 Å². The summed E-state index contributed by atoms with van der Waals surface area (Å²) in [6.45, 7) is 2.83. The molecule has 1 saturated carbocycles. The summed E-state index contributed by atoms with van der Waals surface area (Å²) in [4.78, 5) is 14.6. The van der Waals surface area contributed by atoms with Crippen molar-refractivity contribution in [3.8, 4) is 5.75 Å². The number of para-hydroxylation sites is 2. The van der Waals surface area contributed by atoms with Gasteiger partial charge in [-0.15, -0.1) is 0 Å². The average molecular weight is 316 g/mol. The molecule has 0 aromatic heterocycles. The van der Waals surface area contributed by atoms with Crippen LogP contribution in [0, 0.1) is 11.8 Å². The van der Waals surface area contributed by atoms with Crippen molar-refractivity contribution in [3.63, 3.8) is 0 Å². The number of anilines is 1. The van der Waals surface area contributed by atoms with Crippen LogP contribution in [0.5, 0.6) is 5.75 Å². The van der Waals surface area contributed by atoms with Gasteiger partial charge in [-0.25, -0.2) is 0 Å². The molecule has 1 atom stereocenters. The third-order valence-electron chi connectivity index (χ3n) is 5.25. The Morgan fingerprint density at radius 3 is 2.78 bits per heavy atom. The summed E-state index contributed by atoms with van der Waals surface area (Å²) in [5.74, 6) is 2.00. The van der Waals surface area contributed by atoms with Gasteiger partial charge in [0.1, 0.15) is 5.75 Å². The molecule has 0 radical (unpaired) electrons. The zero-order valence-electron chi connectivity index (χ0n) is 14.1. The van der Waals surface area contributed by atoms with Crippen molar-refractivity contribution in [2.24, 2.45) is 11.8 Å². The van der Waals surface area contributed by atoms with E-state index in [1.54, 1.807) is 7.11 Å². The maximum absolute atomic E-state index is 12.3. The first-order valence-electron chi connectivity index (χ1n) is 8.93. The fourth-order valence-corrected chi connectivity index (χ4v) is 3.86. The Morgan fingerprint density at radius 2 is 2.00 bits per heavy atom. The lowest BCUT2D eigenvalue weighted by molar-refractivity contribution is -0.126. The minimum Gasteiger partial charge on any atom is -0.495 e. The first-order chi connectivity index (χ1) is 11.3. The number of hydrogen-bond donors (Lipinski definition) is 1. The summed E-state index contributed by atoms with van der Waals surface area (Å²) in [6.07, 6.45) is 6.99. The van der Waals surface area contributed by atoms with Gasteiger partial charge in [0.05, 0.1) is 12.8 Å². The zero-order chi connectivity index (χ0) is 16.1. The normalized spacial score (nSPS) is 22.1. The molecule has 2 aliphatic rings. The molecular weight excluding hydrogens is 288 g/mol. The van der Waals surface area contributed by atoms with Crippen molar-refractivity contribution >= 4 is 11.6 Å². The minimum absolute atomic E-state index is 0.260. The molecule has 2 fully saturated rings. The van der Waals surface area contributed by atoms with Crippen LogP contribution in [0.4, 0.5) is 5.69 Å². The Labute approximate surface area is 139 Å². The quantitative estimate of drug-likeness (QED) is 0.907. The summed E-state index contributed by atoms with van der Waals surface area (Å²) in [5.41, 5.74) is 1.16. The minimum atomic E-state index is 0.260. The maximum Gasteiger partial charge on any atom is 0.223 e. The van der Waals surface area contributed by atoms with Crippen LogP contribution < -0.4 is 15.0 Å². The van der Waals surface area contributed by atoms with Crippen molar-refractivity contribution in [1.82, 2.24) is 5.32 Å². The van der Waals surface area contributed by atoms with Crippen LogP contribution in [0.1, 0.15) is 38.5 Å². The number of benzene rings is 1. The molecule has 0 bridgehead atoms. The Balaban J connectivity index is 1.49. The molecule has 0 spiro atoms. The topological polar surface area (TPSA) is 41.6 Å². The molecule has 1 aliphatic carbocycles. The second-order valence-corrected chi connectivity index (χ2v) is 6.85. The lowest BCUT2D eigenvalue weighted by Crippen LogP contribution is -2.36. The summed E-state index contributed by atoms with van der Waals surface area (Å²) in [5, 5.41) is 3.20. The highest BCUT2D eigenvalue weighted by atomic mass is 16.5. The number of nitrogens with one attached hydrogen (secondary N) is 1. The molecule has 1 heterocycles. The van der Waals surface area contributed by atoms with E-state index in [1.807, 2.05) is 12.1 Å². The molecule has 1 saturated heterocycles. The van der Waals surface area contributed by atoms with E-state index in [-0.39, 0.29) is 11.8 Å². The van der Waals surface area contributed by atoms with Crippen LogP contribution in [-0.2, 0) is 4.79 Å². The predicted molar refractivity (Wildman–Crippen MR) is 92.9 cm³/mol. The zero-order valence-corrected chi connectivity index (χ0v) is 14.1. The highest BCUT2D eigenvalue weighted by Crippen LogP contribution is 2.32. The van der Waals surface area contributed by atoms with Crippen molar-refractivity contribution in [3.05, 3.63) is 24.3 Å². The van der Waals surface area contributed by atoms with Gasteiger partial charge >= 0.3 is 0 Å². The van der Waals surface area contributed by atoms with Gasteiger partial charge in [-0.2, -0.15) is 0 Å². The summed E-state index contributed by atoms with van der Waals surface area (Å²) >= 11 is 0. The number of carbonyl (C=O) groups excluding carboxylic acids is 1. The van der Waals surface area contributed by atoms with E-state index < -0.39 is 0 Å². The van der Waals surface area contributed by atoms with Crippen molar-refractivity contribution in [2.75, 3.05) is 31.6 Å².